The summed E-state index contributed by atoms with van der Waals surface area (Å²) in [4.78, 5) is 0. The first kappa shape index (κ1) is 31.9. The molecule has 1 N–H and O–H groups in total. The van der Waals surface area contributed by atoms with Crippen LogP contribution in [0.3, 0.4) is 0 Å². The lowest BCUT2D eigenvalue weighted by atomic mass is 9.88. The van der Waals surface area contributed by atoms with Crippen molar-refractivity contribution >= 4 is 10.1 Å². The van der Waals surface area contributed by atoms with E-state index in [0.717, 1.165) is 38.5 Å². The summed E-state index contributed by atoms with van der Waals surface area (Å²) in [6, 6.07) is 0. The third kappa shape index (κ3) is 16.5. The highest BCUT2D eigenvalue weighted by molar-refractivity contribution is 7.87. The molecule has 0 aliphatic heterocycles. The molecule has 0 aromatic carbocycles. The molecule has 0 saturated carbocycles. The SMILES string of the molecule is CCCCCCCCCC(CCCCCCCCC)(CCCCCCCCC)S(=O)(=O)O. The predicted molar refractivity (Wildman–Crippen MR) is 142 cm³/mol. The largest absolute Gasteiger partial charge is 0.285 e. The molecule has 0 aromatic rings. The van der Waals surface area contributed by atoms with Crippen molar-refractivity contribution in [2.45, 2.75) is 180 Å². The molecular formula is C28H58O3S. The second kappa shape index (κ2) is 21.4. The number of hydrogen-bond donors (Lipinski definition) is 1. The highest BCUT2D eigenvalue weighted by atomic mass is 32.2. The van der Waals surface area contributed by atoms with E-state index in [2.05, 4.69) is 20.8 Å². The minimum atomic E-state index is -4.03. The van der Waals surface area contributed by atoms with Crippen LogP contribution in [-0.4, -0.2) is 17.7 Å². The van der Waals surface area contributed by atoms with Gasteiger partial charge in [0.2, 0.25) is 0 Å². The molecule has 0 unspecified atom stereocenters. The molecule has 32 heavy (non-hydrogen) atoms. The highest BCUT2D eigenvalue weighted by Crippen LogP contribution is 2.36. The molecule has 0 spiro atoms. The Labute approximate surface area is 202 Å². The zero-order valence-corrected chi connectivity index (χ0v) is 23.0. The zero-order valence-electron chi connectivity index (χ0n) is 22.1. The van der Waals surface area contributed by atoms with Crippen molar-refractivity contribution in [2.24, 2.45) is 0 Å². The summed E-state index contributed by atoms with van der Waals surface area (Å²) < 4.78 is 34.7. The summed E-state index contributed by atoms with van der Waals surface area (Å²) in [5, 5.41) is 0. The summed E-state index contributed by atoms with van der Waals surface area (Å²) in [6.07, 6.45) is 26.8. The van der Waals surface area contributed by atoms with Crippen LogP contribution >= 0.6 is 0 Å². The van der Waals surface area contributed by atoms with Crippen LogP contribution in [0.1, 0.15) is 175 Å². The summed E-state index contributed by atoms with van der Waals surface area (Å²) in [5.74, 6) is 0. The van der Waals surface area contributed by atoms with Crippen molar-refractivity contribution in [3.8, 4) is 0 Å². The van der Waals surface area contributed by atoms with Gasteiger partial charge in [-0.05, 0) is 19.3 Å². The van der Waals surface area contributed by atoms with Crippen molar-refractivity contribution in [3.63, 3.8) is 0 Å². The molecule has 0 fully saturated rings. The first-order valence-electron chi connectivity index (χ1n) is 14.4. The zero-order chi connectivity index (χ0) is 24.0. The standard InChI is InChI=1S/C28H58O3S/c1-4-7-10-13-16-19-22-25-28(32(29,30)31,26-23-20-17-14-11-8-5-2)27-24-21-18-15-12-9-6-3/h4-27H2,1-3H3,(H,29,30,31). The lowest BCUT2D eigenvalue weighted by Crippen LogP contribution is -2.38. The van der Waals surface area contributed by atoms with Crippen LogP contribution in [0.25, 0.3) is 0 Å². The molecule has 3 nitrogen and oxygen atoms in total. The fourth-order valence-electron chi connectivity index (χ4n) is 4.97. The Hall–Kier alpha value is -0.0900. The van der Waals surface area contributed by atoms with Crippen LogP contribution in [0.5, 0.6) is 0 Å². The monoisotopic (exact) mass is 474 g/mol. The van der Waals surface area contributed by atoms with E-state index in [1.54, 1.807) is 0 Å². The topological polar surface area (TPSA) is 54.4 Å². The predicted octanol–water partition coefficient (Wildman–Crippen LogP) is 10.0. The maximum atomic E-state index is 12.6. The molecule has 4 heteroatoms. The summed E-state index contributed by atoms with van der Waals surface area (Å²) in [6.45, 7) is 6.69. The Morgan fingerprint density at radius 3 is 0.875 bits per heavy atom. The Morgan fingerprint density at radius 2 is 0.656 bits per heavy atom. The molecule has 0 atom stereocenters. The average molecular weight is 475 g/mol. The van der Waals surface area contributed by atoms with Crippen molar-refractivity contribution in [1.82, 2.24) is 0 Å². The summed E-state index contributed by atoms with van der Waals surface area (Å²) in [7, 11) is -4.03. The number of hydrogen-bond acceptors (Lipinski definition) is 2. The fourth-order valence-corrected chi connectivity index (χ4v) is 6.18. The summed E-state index contributed by atoms with van der Waals surface area (Å²) >= 11 is 0. The fraction of sp³-hybridized carbons (Fsp3) is 1.00. The molecule has 0 aromatic heterocycles. The molecule has 0 radical (unpaired) electrons. The van der Waals surface area contributed by atoms with Gasteiger partial charge >= 0.3 is 0 Å². The Kier molecular flexibility index (Phi) is 21.4. The van der Waals surface area contributed by atoms with E-state index in [0.29, 0.717) is 19.3 Å². The van der Waals surface area contributed by atoms with Crippen molar-refractivity contribution in [1.29, 1.82) is 0 Å². The second-order valence-corrected chi connectivity index (χ2v) is 12.1. The van der Waals surface area contributed by atoms with E-state index in [1.807, 2.05) is 0 Å². The average Bonchev–Trinajstić information content (AvgIpc) is 2.75. The highest BCUT2D eigenvalue weighted by Gasteiger charge is 2.41. The van der Waals surface area contributed by atoms with Crippen molar-refractivity contribution in [2.75, 3.05) is 0 Å². The van der Waals surface area contributed by atoms with Gasteiger partial charge in [-0.3, -0.25) is 4.55 Å². The van der Waals surface area contributed by atoms with Gasteiger partial charge in [0.05, 0.1) is 4.75 Å². The van der Waals surface area contributed by atoms with Gasteiger partial charge in [0.25, 0.3) is 10.1 Å². The van der Waals surface area contributed by atoms with Crippen LogP contribution in [0, 0.1) is 0 Å². The van der Waals surface area contributed by atoms with Crippen LogP contribution < -0.4 is 0 Å². The smallest absolute Gasteiger partial charge is 0.270 e. The molecule has 194 valence electrons. The third-order valence-corrected chi connectivity index (χ3v) is 8.96. The molecule has 0 rings (SSSR count). The van der Waals surface area contributed by atoms with Crippen LogP contribution in [0.2, 0.25) is 0 Å². The van der Waals surface area contributed by atoms with Crippen molar-refractivity contribution < 1.29 is 13.0 Å². The molecular weight excluding hydrogens is 416 g/mol. The van der Waals surface area contributed by atoms with E-state index in [1.165, 1.54) is 96.3 Å². The van der Waals surface area contributed by atoms with Gasteiger partial charge in [-0.2, -0.15) is 8.42 Å². The molecule has 0 aliphatic carbocycles. The summed E-state index contributed by atoms with van der Waals surface area (Å²) in [5.41, 5.74) is 0. The van der Waals surface area contributed by atoms with E-state index in [-0.39, 0.29) is 0 Å². The van der Waals surface area contributed by atoms with Crippen LogP contribution in [-0.2, 0) is 10.1 Å². The van der Waals surface area contributed by atoms with E-state index in [4.69, 9.17) is 0 Å². The number of unbranched alkanes of at least 4 members (excludes halogenated alkanes) is 18. The number of rotatable bonds is 25. The van der Waals surface area contributed by atoms with Gasteiger partial charge in [0, 0.05) is 0 Å². The lowest BCUT2D eigenvalue weighted by Gasteiger charge is -2.31. The maximum Gasteiger partial charge on any atom is 0.270 e. The normalized spacial score (nSPS) is 12.5. The Morgan fingerprint density at radius 1 is 0.438 bits per heavy atom. The molecule has 0 heterocycles. The van der Waals surface area contributed by atoms with Crippen LogP contribution in [0.4, 0.5) is 0 Å². The molecule has 0 saturated heterocycles. The minimum absolute atomic E-state index is 0.644. The quantitative estimate of drug-likeness (QED) is 0.106. The maximum absolute atomic E-state index is 12.6. The second-order valence-electron chi connectivity index (χ2n) is 10.3. The lowest BCUT2D eigenvalue weighted by molar-refractivity contribution is 0.343. The minimum Gasteiger partial charge on any atom is -0.285 e. The third-order valence-electron chi connectivity index (χ3n) is 7.26. The van der Waals surface area contributed by atoms with Gasteiger partial charge in [-0.25, -0.2) is 0 Å². The van der Waals surface area contributed by atoms with Gasteiger partial charge in [0.1, 0.15) is 0 Å². The van der Waals surface area contributed by atoms with Gasteiger partial charge < -0.3 is 0 Å². The first-order chi connectivity index (χ1) is 15.4. The molecule has 0 amide bonds. The van der Waals surface area contributed by atoms with Gasteiger partial charge in [0.15, 0.2) is 0 Å². The van der Waals surface area contributed by atoms with Crippen LogP contribution in [0.15, 0.2) is 0 Å². The first-order valence-corrected chi connectivity index (χ1v) is 15.8. The molecule has 0 bridgehead atoms. The van der Waals surface area contributed by atoms with Crippen molar-refractivity contribution in [3.05, 3.63) is 0 Å². The van der Waals surface area contributed by atoms with E-state index < -0.39 is 14.9 Å². The van der Waals surface area contributed by atoms with E-state index >= 15 is 0 Å². The Balaban J connectivity index is 4.68. The van der Waals surface area contributed by atoms with Gasteiger partial charge in [-0.1, -0.05) is 156 Å². The molecule has 0 aliphatic rings. The van der Waals surface area contributed by atoms with Gasteiger partial charge in [-0.15, -0.1) is 0 Å². The van der Waals surface area contributed by atoms with E-state index in [9.17, 15) is 13.0 Å². The Bertz CT molecular complexity index is 441.